The first-order valence-corrected chi connectivity index (χ1v) is 12.1. The van der Waals surface area contributed by atoms with Crippen molar-refractivity contribution < 1.29 is 15.0 Å². The predicted octanol–water partition coefficient (Wildman–Crippen LogP) is 4.70. The van der Waals surface area contributed by atoms with Crippen molar-refractivity contribution in [2.45, 2.75) is 45.6 Å². The van der Waals surface area contributed by atoms with Gasteiger partial charge in [-0.05, 0) is 66.1 Å². The summed E-state index contributed by atoms with van der Waals surface area (Å²) in [5, 5.41) is 23.6. The Bertz CT molecular complexity index is 1180. The molecule has 4 rings (SSSR count). The number of piperidine rings is 1. The Kier molecular flexibility index (Phi) is 6.80. The van der Waals surface area contributed by atoms with E-state index in [0.29, 0.717) is 22.7 Å². The Morgan fingerprint density at radius 2 is 1.94 bits per heavy atom. The van der Waals surface area contributed by atoms with Gasteiger partial charge in [0.15, 0.2) is 0 Å². The average molecular weight is 462 g/mol. The van der Waals surface area contributed by atoms with Gasteiger partial charge in [-0.2, -0.15) is 0 Å². The lowest BCUT2D eigenvalue weighted by Crippen LogP contribution is -2.53. The number of likely N-dealkylation sites (tertiary alicyclic amines) is 1. The van der Waals surface area contributed by atoms with Crippen molar-refractivity contribution in [3.8, 4) is 11.5 Å². The SMILES string of the molecule is CC(C)[C@@H](CN1CC[C@@](C)(c2cccc(O)c2)[C@@H](C)C1)NC(=O)c1cnc2cc(O)ccc2c1. The smallest absolute Gasteiger partial charge is 0.253 e. The summed E-state index contributed by atoms with van der Waals surface area (Å²) in [5.74, 6) is 1.04. The number of hydrogen-bond donors (Lipinski definition) is 3. The minimum absolute atomic E-state index is 0.0109. The maximum absolute atomic E-state index is 13.1. The molecular formula is C28H35N3O3. The van der Waals surface area contributed by atoms with Crippen LogP contribution in [0.4, 0.5) is 0 Å². The number of carbonyl (C=O) groups is 1. The molecule has 0 saturated carbocycles. The van der Waals surface area contributed by atoms with Crippen LogP contribution in [0.25, 0.3) is 10.9 Å². The van der Waals surface area contributed by atoms with Gasteiger partial charge in [0.1, 0.15) is 11.5 Å². The molecule has 6 nitrogen and oxygen atoms in total. The number of fused-ring (bicyclic) bond motifs is 1. The molecule has 0 aliphatic carbocycles. The lowest BCUT2D eigenvalue weighted by atomic mass is 9.68. The van der Waals surface area contributed by atoms with Crippen molar-refractivity contribution in [3.63, 3.8) is 0 Å². The fourth-order valence-corrected chi connectivity index (χ4v) is 4.96. The summed E-state index contributed by atoms with van der Waals surface area (Å²) in [6.45, 7) is 11.5. The quantitative estimate of drug-likeness (QED) is 0.495. The maximum Gasteiger partial charge on any atom is 0.253 e. The van der Waals surface area contributed by atoms with Crippen LogP contribution in [-0.4, -0.2) is 51.7 Å². The molecule has 0 bridgehead atoms. The van der Waals surface area contributed by atoms with Crippen LogP contribution in [0.3, 0.4) is 0 Å². The molecule has 0 radical (unpaired) electrons. The largest absolute Gasteiger partial charge is 0.508 e. The summed E-state index contributed by atoms with van der Waals surface area (Å²) in [6, 6.07) is 14.4. The van der Waals surface area contributed by atoms with E-state index in [1.54, 1.807) is 30.5 Å². The molecular weight excluding hydrogens is 426 g/mol. The number of aromatic nitrogens is 1. The first kappa shape index (κ1) is 24.0. The van der Waals surface area contributed by atoms with Crippen LogP contribution in [0, 0.1) is 11.8 Å². The number of nitrogens with zero attached hydrogens (tertiary/aromatic N) is 2. The van der Waals surface area contributed by atoms with Crippen LogP contribution < -0.4 is 5.32 Å². The molecule has 1 aliphatic rings. The third-order valence-electron chi connectivity index (χ3n) is 7.58. The van der Waals surface area contributed by atoms with Gasteiger partial charge in [-0.1, -0.05) is 39.8 Å². The highest BCUT2D eigenvalue weighted by atomic mass is 16.3. The highest BCUT2D eigenvalue weighted by molar-refractivity contribution is 5.97. The van der Waals surface area contributed by atoms with Crippen LogP contribution in [-0.2, 0) is 5.41 Å². The van der Waals surface area contributed by atoms with Crippen molar-refractivity contribution in [2.75, 3.05) is 19.6 Å². The Hall–Kier alpha value is -3.12. The van der Waals surface area contributed by atoms with Gasteiger partial charge in [0, 0.05) is 36.8 Å². The Morgan fingerprint density at radius 3 is 2.65 bits per heavy atom. The first-order valence-electron chi connectivity index (χ1n) is 12.1. The minimum atomic E-state index is -0.129. The molecule has 1 aliphatic heterocycles. The lowest BCUT2D eigenvalue weighted by Gasteiger charge is -2.46. The van der Waals surface area contributed by atoms with Crippen LogP contribution in [0.5, 0.6) is 11.5 Å². The number of rotatable bonds is 6. The van der Waals surface area contributed by atoms with E-state index >= 15 is 0 Å². The molecule has 0 unspecified atom stereocenters. The fourth-order valence-electron chi connectivity index (χ4n) is 4.96. The zero-order valence-electron chi connectivity index (χ0n) is 20.5. The van der Waals surface area contributed by atoms with Gasteiger partial charge in [0.05, 0.1) is 11.1 Å². The number of carbonyl (C=O) groups excluding carboxylic acids is 1. The Morgan fingerprint density at radius 1 is 1.18 bits per heavy atom. The van der Waals surface area contributed by atoms with Crippen molar-refractivity contribution in [1.29, 1.82) is 0 Å². The van der Waals surface area contributed by atoms with Gasteiger partial charge >= 0.3 is 0 Å². The molecule has 1 saturated heterocycles. The van der Waals surface area contributed by atoms with Crippen molar-refractivity contribution in [3.05, 3.63) is 65.9 Å². The molecule has 1 amide bonds. The van der Waals surface area contributed by atoms with E-state index in [9.17, 15) is 15.0 Å². The summed E-state index contributed by atoms with van der Waals surface area (Å²) in [6.07, 6.45) is 2.57. The molecule has 3 N–H and O–H groups in total. The summed E-state index contributed by atoms with van der Waals surface area (Å²) in [5.41, 5.74) is 2.38. The van der Waals surface area contributed by atoms with Crippen molar-refractivity contribution >= 4 is 16.8 Å². The monoisotopic (exact) mass is 461 g/mol. The summed E-state index contributed by atoms with van der Waals surface area (Å²) >= 11 is 0. The van der Waals surface area contributed by atoms with Crippen LogP contribution >= 0.6 is 0 Å². The van der Waals surface area contributed by atoms with Crippen LogP contribution in [0.2, 0.25) is 0 Å². The second-order valence-corrected chi connectivity index (χ2v) is 10.3. The van der Waals surface area contributed by atoms with Crippen LogP contribution in [0.1, 0.15) is 50.0 Å². The first-order chi connectivity index (χ1) is 16.2. The van der Waals surface area contributed by atoms with Gasteiger partial charge in [-0.25, -0.2) is 0 Å². The molecule has 2 aromatic carbocycles. The summed E-state index contributed by atoms with van der Waals surface area (Å²) in [7, 11) is 0. The van der Waals surface area contributed by atoms with E-state index in [0.717, 1.165) is 31.4 Å². The van der Waals surface area contributed by atoms with E-state index in [1.165, 1.54) is 5.56 Å². The van der Waals surface area contributed by atoms with Gasteiger partial charge in [-0.3, -0.25) is 9.78 Å². The number of amides is 1. The number of nitrogens with one attached hydrogen (secondary N) is 1. The standard InChI is InChI=1S/C28H35N3O3/c1-18(2)26(30-27(34)21-12-20-8-9-24(33)14-25(20)29-15-21)17-31-11-10-28(4,19(3)16-31)22-6-5-7-23(32)13-22/h5-9,12-15,18-19,26,32-33H,10-11,16-17H2,1-4H3,(H,30,34)/t19-,26+,28+/m0/s1. The van der Waals surface area contributed by atoms with Gasteiger partial charge in [0.2, 0.25) is 0 Å². The van der Waals surface area contributed by atoms with Gasteiger partial charge in [0.25, 0.3) is 5.91 Å². The lowest BCUT2D eigenvalue weighted by molar-refractivity contribution is 0.0815. The maximum atomic E-state index is 13.1. The summed E-state index contributed by atoms with van der Waals surface area (Å²) < 4.78 is 0. The van der Waals surface area contributed by atoms with Crippen molar-refractivity contribution in [1.82, 2.24) is 15.2 Å². The molecule has 180 valence electrons. The van der Waals surface area contributed by atoms with Crippen LogP contribution in [0.15, 0.2) is 54.7 Å². The summed E-state index contributed by atoms with van der Waals surface area (Å²) in [4.78, 5) is 19.8. The van der Waals surface area contributed by atoms with E-state index in [1.807, 2.05) is 18.2 Å². The molecule has 6 heteroatoms. The second kappa shape index (κ2) is 9.63. The highest BCUT2D eigenvalue weighted by Crippen LogP contribution is 2.40. The normalized spacial score (nSPS) is 22.1. The number of hydrogen-bond acceptors (Lipinski definition) is 5. The fraction of sp³-hybridized carbons (Fsp3) is 0.429. The zero-order chi connectivity index (χ0) is 24.5. The molecule has 0 spiro atoms. The topological polar surface area (TPSA) is 85.7 Å². The molecule has 3 aromatic rings. The number of phenolic OH excluding ortho intramolecular Hbond substituents is 2. The number of benzene rings is 2. The van der Waals surface area contributed by atoms with E-state index in [4.69, 9.17) is 0 Å². The minimum Gasteiger partial charge on any atom is -0.508 e. The molecule has 2 heterocycles. The Labute approximate surface area is 201 Å². The van der Waals surface area contributed by atoms with E-state index in [-0.39, 0.29) is 29.0 Å². The van der Waals surface area contributed by atoms with E-state index in [2.05, 4.69) is 49.0 Å². The molecule has 1 fully saturated rings. The number of phenols is 2. The predicted molar refractivity (Wildman–Crippen MR) is 135 cm³/mol. The van der Waals surface area contributed by atoms with Gasteiger partial charge < -0.3 is 20.4 Å². The molecule has 34 heavy (non-hydrogen) atoms. The molecule has 3 atom stereocenters. The third-order valence-corrected chi connectivity index (χ3v) is 7.58. The average Bonchev–Trinajstić information content (AvgIpc) is 2.80. The zero-order valence-corrected chi connectivity index (χ0v) is 20.5. The van der Waals surface area contributed by atoms with Gasteiger partial charge in [-0.15, -0.1) is 0 Å². The highest BCUT2D eigenvalue weighted by Gasteiger charge is 2.38. The number of pyridine rings is 1. The van der Waals surface area contributed by atoms with E-state index < -0.39 is 0 Å². The third kappa shape index (κ3) is 5.02. The van der Waals surface area contributed by atoms with Crippen molar-refractivity contribution in [2.24, 2.45) is 11.8 Å². The molecule has 1 aromatic heterocycles. The number of aromatic hydroxyl groups is 2. The Balaban J connectivity index is 1.43. The second-order valence-electron chi connectivity index (χ2n) is 10.3.